The van der Waals surface area contributed by atoms with Gasteiger partial charge in [-0.2, -0.15) is 0 Å². The highest BCUT2D eigenvalue weighted by molar-refractivity contribution is 9.10. The lowest BCUT2D eigenvalue weighted by molar-refractivity contribution is 1.05. The number of aromatic nitrogens is 1. The van der Waals surface area contributed by atoms with Gasteiger partial charge in [0.25, 0.3) is 0 Å². The quantitative estimate of drug-likeness (QED) is 0.792. The van der Waals surface area contributed by atoms with Crippen molar-refractivity contribution in [2.24, 2.45) is 0 Å². The van der Waals surface area contributed by atoms with E-state index in [1.54, 1.807) is 0 Å². The van der Waals surface area contributed by atoms with Crippen LogP contribution in [0.4, 0.5) is 11.5 Å². The molecule has 0 aromatic carbocycles. The van der Waals surface area contributed by atoms with Crippen molar-refractivity contribution in [2.75, 3.05) is 24.7 Å². The number of hydrogen-bond donors (Lipinski definition) is 1. The molecule has 1 aromatic rings. The van der Waals surface area contributed by atoms with E-state index in [2.05, 4.69) is 20.9 Å². The van der Waals surface area contributed by atoms with E-state index in [9.17, 15) is 0 Å². The predicted molar refractivity (Wildman–Crippen MR) is 60.4 cm³/mol. The number of halogens is 2. The molecule has 3 nitrogen and oxygen atoms in total. The first kappa shape index (κ1) is 10.6. The van der Waals surface area contributed by atoms with E-state index in [1.807, 2.05) is 25.9 Å². The van der Waals surface area contributed by atoms with Crippen LogP contribution in [0.25, 0.3) is 0 Å². The molecule has 2 N–H and O–H groups in total. The zero-order chi connectivity index (χ0) is 10.2. The molecule has 0 atom stereocenters. The number of nitrogen functional groups attached to an aromatic ring is 1. The van der Waals surface area contributed by atoms with Crippen LogP contribution in [0.2, 0.25) is 5.15 Å². The minimum Gasteiger partial charge on any atom is -0.396 e. The molecule has 72 valence electrons. The fourth-order valence-electron chi connectivity index (χ4n) is 0.939. The third kappa shape index (κ3) is 1.89. The van der Waals surface area contributed by atoms with Crippen molar-refractivity contribution in [1.82, 2.24) is 4.98 Å². The van der Waals surface area contributed by atoms with Gasteiger partial charge in [0.05, 0.1) is 10.2 Å². The van der Waals surface area contributed by atoms with Crippen molar-refractivity contribution in [1.29, 1.82) is 0 Å². The van der Waals surface area contributed by atoms with Crippen LogP contribution in [0, 0.1) is 6.92 Å². The molecule has 0 aliphatic carbocycles. The van der Waals surface area contributed by atoms with E-state index in [-0.39, 0.29) is 0 Å². The maximum atomic E-state index is 5.85. The van der Waals surface area contributed by atoms with E-state index >= 15 is 0 Å². The van der Waals surface area contributed by atoms with Gasteiger partial charge in [0, 0.05) is 14.1 Å². The fourth-order valence-corrected chi connectivity index (χ4v) is 1.82. The molecule has 0 saturated heterocycles. The van der Waals surface area contributed by atoms with Gasteiger partial charge < -0.3 is 10.6 Å². The topological polar surface area (TPSA) is 42.1 Å². The summed E-state index contributed by atoms with van der Waals surface area (Å²) in [5.74, 6) is 0.789. The lowest BCUT2D eigenvalue weighted by Crippen LogP contribution is -2.13. The molecule has 0 spiro atoms. The summed E-state index contributed by atoms with van der Waals surface area (Å²) in [5.41, 5.74) is 7.16. The lowest BCUT2D eigenvalue weighted by Gasteiger charge is -2.16. The molecule has 1 aromatic heterocycles. The second-order valence-corrected chi connectivity index (χ2v) is 4.12. The van der Waals surface area contributed by atoms with Gasteiger partial charge in [-0.25, -0.2) is 4.98 Å². The first-order valence-corrected chi connectivity index (χ1v) is 4.90. The van der Waals surface area contributed by atoms with Gasteiger partial charge in [0.1, 0.15) is 5.82 Å². The normalized spacial score (nSPS) is 10.2. The summed E-state index contributed by atoms with van der Waals surface area (Å²) >= 11 is 9.27. The molecule has 0 aliphatic heterocycles. The molecule has 0 amide bonds. The van der Waals surface area contributed by atoms with E-state index < -0.39 is 0 Å². The molecule has 0 radical (unpaired) electrons. The molecule has 0 saturated carbocycles. The van der Waals surface area contributed by atoms with Crippen LogP contribution in [0.15, 0.2) is 4.47 Å². The third-order valence-electron chi connectivity index (χ3n) is 1.78. The summed E-state index contributed by atoms with van der Waals surface area (Å²) in [5, 5.41) is 0.351. The lowest BCUT2D eigenvalue weighted by atomic mass is 10.2. The van der Waals surface area contributed by atoms with Gasteiger partial charge in [-0.15, -0.1) is 0 Å². The molecule has 0 aliphatic rings. The Bertz CT molecular complexity index is 339. The summed E-state index contributed by atoms with van der Waals surface area (Å²) in [4.78, 5) is 6.03. The monoisotopic (exact) mass is 263 g/mol. The minimum absolute atomic E-state index is 0.351. The van der Waals surface area contributed by atoms with Gasteiger partial charge in [-0.05, 0) is 28.4 Å². The largest absolute Gasteiger partial charge is 0.396 e. The van der Waals surface area contributed by atoms with Gasteiger partial charge in [-0.3, -0.25) is 0 Å². The Morgan fingerprint density at radius 1 is 1.46 bits per heavy atom. The molecule has 0 bridgehead atoms. The van der Waals surface area contributed by atoms with E-state index in [0.29, 0.717) is 10.8 Å². The zero-order valence-electron chi connectivity index (χ0n) is 7.73. The van der Waals surface area contributed by atoms with Crippen molar-refractivity contribution in [3.63, 3.8) is 0 Å². The Hall–Kier alpha value is -0.480. The second-order valence-electron chi connectivity index (χ2n) is 2.97. The minimum atomic E-state index is 0.351. The van der Waals surface area contributed by atoms with E-state index in [0.717, 1.165) is 15.9 Å². The molecule has 0 fully saturated rings. The van der Waals surface area contributed by atoms with Gasteiger partial charge in [0.2, 0.25) is 0 Å². The van der Waals surface area contributed by atoms with Crippen molar-refractivity contribution in [3.8, 4) is 0 Å². The number of pyridine rings is 1. The molecule has 5 heteroatoms. The predicted octanol–water partition coefficient (Wildman–Crippen LogP) is 2.45. The van der Waals surface area contributed by atoms with Gasteiger partial charge in [0.15, 0.2) is 5.15 Å². The smallest absolute Gasteiger partial charge is 0.154 e. The van der Waals surface area contributed by atoms with Crippen LogP contribution in [-0.4, -0.2) is 19.1 Å². The maximum Gasteiger partial charge on any atom is 0.154 e. The van der Waals surface area contributed by atoms with Gasteiger partial charge in [-0.1, -0.05) is 11.6 Å². The first-order valence-electron chi connectivity index (χ1n) is 3.73. The molecular formula is C8H11BrClN3. The van der Waals surface area contributed by atoms with Crippen LogP contribution in [0.3, 0.4) is 0 Å². The van der Waals surface area contributed by atoms with Crippen LogP contribution >= 0.6 is 27.5 Å². The third-order valence-corrected chi connectivity index (χ3v) is 3.02. The fraction of sp³-hybridized carbons (Fsp3) is 0.375. The molecule has 1 rings (SSSR count). The number of nitrogens with two attached hydrogens (primary N) is 1. The summed E-state index contributed by atoms with van der Waals surface area (Å²) in [6.07, 6.45) is 0. The van der Waals surface area contributed by atoms with E-state index in [4.69, 9.17) is 17.3 Å². The SMILES string of the molecule is Cc1c(N)c(Cl)nc(N(C)C)c1Br. The van der Waals surface area contributed by atoms with Crippen molar-refractivity contribution >= 4 is 39.0 Å². The van der Waals surface area contributed by atoms with Gasteiger partial charge >= 0.3 is 0 Å². The number of nitrogens with zero attached hydrogens (tertiary/aromatic N) is 2. The van der Waals surface area contributed by atoms with Crippen molar-refractivity contribution in [2.45, 2.75) is 6.92 Å². The average Bonchev–Trinajstić information content (AvgIpc) is 2.07. The Balaban J connectivity index is 3.41. The second kappa shape index (κ2) is 3.72. The summed E-state index contributed by atoms with van der Waals surface area (Å²) in [6.45, 7) is 1.90. The summed E-state index contributed by atoms with van der Waals surface area (Å²) in [7, 11) is 3.80. The van der Waals surface area contributed by atoms with Crippen molar-refractivity contribution in [3.05, 3.63) is 15.2 Å². The molecule has 13 heavy (non-hydrogen) atoms. The zero-order valence-corrected chi connectivity index (χ0v) is 10.1. The Morgan fingerprint density at radius 3 is 2.46 bits per heavy atom. The Kier molecular flexibility index (Phi) is 3.03. The highest BCUT2D eigenvalue weighted by atomic mass is 79.9. The van der Waals surface area contributed by atoms with Crippen LogP contribution < -0.4 is 10.6 Å². The maximum absolute atomic E-state index is 5.85. The number of anilines is 2. The molecule has 1 heterocycles. The highest BCUT2D eigenvalue weighted by Crippen LogP contribution is 2.33. The van der Waals surface area contributed by atoms with E-state index in [1.165, 1.54) is 0 Å². The Labute approximate surface area is 91.0 Å². The Morgan fingerprint density at radius 2 is 2.00 bits per heavy atom. The van der Waals surface area contributed by atoms with Crippen molar-refractivity contribution < 1.29 is 0 Å². The van der Waals surface area contributed by atoms with Crippen LogP contribution in [0.1, 0.15) is 5.56 Å². The average molecular weight is 265 g/mol. The standard InChI is InChI=1S/C8H11BrClN3/c1-4-5(9)8(13(2)3)12-7(10)6(4)11/h11H2,1-3H3. The number of hydrogen-bond acceptors (Lipinski definition) is 3. The molecular weight excluding hydrogens is 253 g/mol. The summed E-state index contributed by atoms with van der Waals surface area (Å²) in [6, 6.07) is 0. The highest BCUT2D eigenvalue weighted by Gasteiger charge is 2.12. The molecule has 0 unspecified atom stereocenters. The number of rotatable bonds is 1. The first-order chi connectivity index (χ1) is 5.95. The van der Waals surface area contributed by atoms with Crippen LogP contribution in [0.5, 0.6) is 0 Å². The summed E-state index contributed by atoms with van der Waals surface area (Å²) < 4.78 is 0.888. The van der Waals surface area contributed by atoms with Crippen LogP contribution in [-0.2, 0) is 0 Å².